The molecule has 0 aliphatic heterocycles. The molecule has 10 heteroatoms. The number of rotatable bonds is 6. The smallest absolute Gasteiger partial charge is 0.276 e. The zero-order valence-electron chi connectivity index (χ0n) is 15.2. The fraction of sp³-hybridized carbons (Fsp3) is 0.167. The van der Waals surface area contributed by atoms with Crippen LogP contribution in [0, 0.1) is 6.92 Å². The Morgan fingerprint density at radius 3 is 2.79 bits per heavy atom. The van der Waals surface area contributed by atoms with Gasteiger partial charge in [0.05, 0.1) is 11.9 Å². The number of pyridine rings is 1. The highest BCUT2D eigenvalue weighted by Gasteiger charge is 2.09. The Labute approximate surface area is 159 Å². The van der Waals surface area contributed by atoms with E-state index in [0.717, 1.165) is 17.7 Å². The topological polar surface area (TPSA) is 129 Å². The van der Waals surface area contributed by atoms with Crippen LogP contribution in [-0.2, 0) is 6.42 Å². The Morgan fingerprint density at radius 2 is 2.00 bits per heavy atom. The SMILES string of the molecule is CCc1noc(/C=C/c2cncc(Nc3nccc(-c4nc(C)no4)n3)c2)n1. The molecule has 0 aliphatic rings. The molecule has 1 N–H and O–H groups in total. The number of aromatic nitrogens is 7. The van der Waals surface area contributed by atoms with Crippen LogP contribution in [0.1, 0.15) is 30.0 Å². The minimum atomic E-state index is 0.337. The fourth-order valence-electron chi connectivity index (χ4n) is 2.33. The Hall–Kier alpha value is -3.95. The number of hydrogen-bond donors (Lipinski definition) is 1. The van der Waals surface area contributed by atoms with E-state index in [2.05, 4.69) is 40.6 Å². The Morgan fingerprint density at radius 1 is 1.07 bits per heavy atom. The van der Waals surface area contributed by atoms with E-state index in [1.807, 2.05) is 19.1 Å². The van der Waals surface area contributed by atoms with Crippen LogP contribution in [0.25, 0.3) is 23.7 Å². The first-order valence-electron chi connectivity index (χ1n) is 8.56. The molecule has 4 aromatic rings. The number of nitrogens with one attached hydrogen (secondary N) is 1. The van der Waals surface area contributed by atoms with Gasteiger partial charge in [-0.15, -0.1) is 0 Å². The van der Waals surface area contributed by atoms with Crippen LogP contribution in [0.3, 0.4) is 0 Å². The summed E-state index contributed by atoms with van der Waals surface area (Å²) in [6, 6.07) is 3.60. The predicted octanol–water partition coefficient (Wildman–Crippen LogP) is 3.09. The largest absolute Gasteiger partial charge is 0.335 e. The molecule has 0 spiro atoms. The van der Waals surface area contributed by atoms with Crippen molar-refractivity contribution in [2.75, 3.05) is 5.32 Å². The van der Waals surface area contributed by atoms with Gasteiger partial charge in [0.15, 0.2) is 11.6 Å². The molecule has 0 amide bonds. The van der Waals surface area contributed by atoms with Crippen molar-refractivity contribution in [3.05, 3.63) is 53.8 Å². The average Bonchev–Trinajstić information content (AvgIpc) is 3.36. The molecular formula is C18H16N8O2. The van der Waals surface area contributed by atoms with Crippen molar-refractivity contribution in [1.82, 2.24) is 35.2 Å². The highest BCUT2D eigenvalue weighted by atomic mass is 16.5. The zero-order valence-corrected chi connectivity index (χ0v) is 15.2. The molecule has 28 heavy (non-hydrogen) atoms. The van der Waals surface area contributed by atoms with Gasteiger partial charge in [-0.1, -0.05) is 17.2 Å². The van der Waals surface area contributed by atoms with E-state index in [1.165, 1.54) is 0 Å². The standard InChI is InChI=1S/C18H16N8O2/c1-3-15-24-16(27-26-15)5-4-12-8-13(10-19-9-12)22-18-20-7-6-14(23-18)17-21-11(2)25-28-17/h4-10H,3H2,1-2H3,(H,20,22,23)/b5-4+. The molecule has 0 bridgehead atoms. The maximum atomic E-state index is 5.14. The summed E-state index contributed by atoms with van der Waals surface area (Å²) in [5, 5.41) is 10.7. The van der Waals surface area contributed by atoms with Gasteiger partial charge in [0.1, 0.15) is 5.69 Å². The van der Waals surface area contributed by atoms with Gasteiger partial charge in [-0.2, -0.15) is 9.97 Å². The van der Waals surface area contributed by atoms with Crippen molar-refractivity contribution in [3.63, 3.8) is 0 Å². The molecule has 0 aliphatic carbocycles. The Bertz CT molecular complexity index is 1120. The first kappa shape index (κ1) is 17.5. The third kappa shape index (κ3) is 4.06. The molecule has 0 unspecified atom stereocenters. The molecule has 0 radical (unpaired) electrons. The first-order chi connectivity index (χ1) is 13.7. The lowest BCUT2D eigenvalue weighted by Gasteiger charge is -2.05. The van der Waals surface area contributed by atoms with Gasteiger partial charge >= 0.3 is 0 Å². The molecule has 0 saturated heterocycles. The predicted molar refractivity (Wildman–Crippen MR) is 100 cm³/mol. The molecule has 0 aromatic carbocycles. The van der Waals surface area contributed by atoms with E-state index in [0.29, 0.717) is 35.1 Å². The number of anilines is 2. The van der Waals surface area contributed by atoms with Crippen LogP contribution in [0.5, 0.6) is 0 Å². The second-order valence-corrected chi connectivity index (χ2v) is 5.78. The summed E-state index contributed by atoms with van der Waals surface area (Å²) in [7, 11) is 0. The normalized spacial score (nSPS) is 11.2. The molecule has 4 aromatic heterocycles. The molecule has 10 nitrogen and oxygen atoms in total. The van der Waals surface area contributed by atoms with E-state index in [1.54, 1.807) is 37.7 Å². The van der Waals surface area contributed by atoms with Gasteiger partial charge in [-0.3, -0.25) is 4.98 Å². The lowest BCUT2D eigenvalue weighted by molar-refractivity contribution is 0.403. The van der Waals surface area contributed by atoms with Gasteiger partial charge < -0.3 is 14.4 Å². The average molecular weight is 376 g/mol. The van der Waals surface area contributed by atoms with Gasteiger partial charge in [0.25, 0.3) is 11.8 Å². The summed E-state index contributed by atoms with van der Waals surface area (Å²) in [4.78, 5) is 21.2. The van der Waals surface area contributed by atoms with Crippen LogP contribution in [0.2, 0.25) is 0 Å². The second kappa shape index (κ2) is 7.74. The molecule has 0 fully saturated rings. The highest BCUT2D eigenvalue weighted by Crippen LogP contribution is 2.18. The lowest BCUT2D eigenvalue weighted by atomic mass is 10.2. The summed E-state index contributed by atoms with van der Waals surface area (Å²) in [5.74, 6) is 2.38. The fourth-order valence-corrected chi connectivity index (χ4v) is 2.33. The highest BCUT2D eigenvalue weighted by molar-refractivity contribution is 5.68. The quantitative estimate of drug-likeness (QED) is 0.536. The van der Waals surface area contributed by atoms with E-state index >= 15 is 0 Å². The molecule has 4 heterocycles. The van der Waals surface area contributed by atoms with Crippen molar-refractivity contribution in [2.45, 2.75) is 20.3 Å². The summed E-state index contributed by atoms with van der Waals surface area (Å²) in [5.41, 5.74) is 2.11. The molecular weight excluding hydrogens is 360 g/mol. The maximum absolute atomic E-state index is 5.14. The van der Waals surface area contributed by atoms with Gasteiger partial charge in [0, 0.05) is 24.9 Å². The molecule has 140 valence electrons. The van der Waals surface area contributed by atoms with Crippen molar-refractivity contribution in [2.24, 2.45) is 0 Å². The van der Waals surface area contributed by atoms with Crippen molar-refractivity contribution in [1.29, 1.82) is 0 Å². The number of hydrogen-bond acceptors (Lipinski definition) is 10. The third-order valence-electron chi connectivity index (χ3n) is 3.64. The van der Waals surface area contributed by atoms with Gasteiger partial charge in [-0.25, -0.2) is 9.97 Å². The van der Waals surface area contributed by atoms with E-state index in [4.69, 9.17) is 9.05 Å². The van der Waals surface area contributed by atoms with E-state index in [-0.39, 0.29) is 0 Å². The van der Waals surface area contributed by atoms with Gasteiger partial charge in [-0.05, 0) is 30.7 Å². The third-order valence-corrected chi connectivity index (χ3v) is 3.64. The number of aryl methyl sites for hydroxylation is 2. The summed E-state index contributed by atoms with van der Waals surface area (Å²) in [6.45, 7) is 3.71. The summed E-state index contributed by atoms with van der Waals surface area (Å²) < 4.78 is 10.3. The number of nitrogens with zero attached hydrogens (tertiary/aromatic N) is 7. The van der Waals surface area contributed by atoms with Gasteiger partial charge in [0.2, 0.25) is 5.95 Å². The lowest BCUT2D eigenvalue weighted by Crippen LogP contribution is -1.98. The first-order valence-corrected chi connectivity index (χ1v) is 8.56. The van der Waals surface area contributed by atoms with E-state index in [9.17, 15) is 0 Å². The van der Waals surface area contributed by atoms with Crippen LogP contribution in [0.15, 0.2) is 39.8 Å². The van der Waals surface area contributed by atoms with Crippen molar-refractivity contribution < 1.29 is 9.05 Å². The monoisotopic (exact) mass is 376 g/mol. The summed E-state index contributed by atoms with van der Waals surface area (Å²) in [6.07, 6.45) is 9.30. The molecule has 0 saturated carbocycles. The Kier molecular flexibility index (Phi) is 4.83. The molecule has 0 atom stereocenters. The second-order valence-electron chi connectivity index (χ2n) is 5.78. The van der Waals surface area contributed by atoms with E-state index < -0.39 is 0 Å². The van der Waals surface area contributed by atoms with Crippen molar-refractivity contribution >= 4 is 23.8 Å². The minimum absolute atomic E-state index is 0.337. The zero-order chi connectivity index (χ0) is 19.3. The maximum Gasteiger partial charge on any atom is 0.276 e. The van der Waals surface area contributed by atoms with Crippen LogP contribution < -0.4 is 5.32 Å². The van der Waals surface area contributed by atoms with Crippen LogP contribution in [0.4, 0.5) is 11.6 Å². The van der Waals surface area contributed by atoms with Crippen LogP contribution in [-0.4, -0.2) is 35.2 Å². The van der Waals surface area contributed by atoms with Crippen LogP contribution >= 0.6 is 0 Å². The van der Waals surface area contributed by atoms with Crippen molar-refractivity contribution in [3.8, 4) is 11.6 Å². The molecule has 4 rings (SSSR count). The summed E-state index contributed by atoms with van der Waals surface area (Å²) >= 11 is 0. The Balaban J connectivity index is 1.50. The minimum Gasteiger partial charge on any atom is -0.335 e.